The van der Waals surface area contributed by atoms with E-state index in [1.165, 1.54) is 16.2 Å². The lowest BCUT2D eigenvalue weighted by Gasteiger charge is -2.34. The van der Waals surface area contributed by atoms with E-state index in [9.17, 15) is 19.5 Å². The number of likely N-dealkylation sites (tertiary alicyclic amines) is 1. The minimum absolute atomic E-state index is 0.338. The summed E-state index contributed by atoms with van der Waals surface area (Å²) in [7, 11) is 0. The molecule has 35 heavy (non-hydrogen) atoms. The number of aliphatic carboxylic acids is 1. The number of para-hydroxylation sites is 1. The van der Waals surface area contributed by atoms with Crippen molar-refractivity contribution in [2.75, 3.05) is 11.5 Å². The van der Waals surface area contributed by atoms with Crippen molar-refractivity contribution in [2.45, 2.75) is 69.5 Å². The highest BCUT2D eigenvalue weighted by molar-refractivity contribution is 6.01. The van der Waals surface area contributed by atoms with E-state index in [-0.39, 0.29) is 11.9 Å². The van der Waals surface area contributed by atoms with Crippen LogP contribution < -0.4 is 4.90 Å². The van der Waals surface area contributed by atoms with E-state index in [1.54, 1.807) is 0 Å². The van der Waals surface area contributed by atoms with Crippen LogP contribution in [0.1, 0.15) is 62.1 Å². The number of anilines is 1. The molecule has 2 fully saturated rings. The molecule has 2 amide bonds. The van der Waals surface area contributed by atoms with Crippen molar-refractivity contribution in [3.8, 4) is 0 Å². The average molecular weight is 477 g/mol. The number of fused-ring (bicyclic) bond motifs is 1. The molecular weight excluding hydrogens is 444 g/mol. The Morgan fingerprint density at radius 3 is 2.31 bits per heavy atom. The topological polar surface area (TPSA) is 87.2 Å². The van der Waals surface area contributed by atoms with E-state index in [0.29, 0.717) is 37.5 Å². The van der Waals surface area contributed by atoms with Crippen molar-refractivity contribution in [2.24, 2.45) is 5.92 Å². The average Bonchev–Trinajstić information content (AvgIpc) is 3.51. The second kappa shape index (κ2) is 10.1. The predicted molar refractivity (Wildman–Crippen MR) is 131 cm³/mol. The fourth-order valence-electron chi connectivity index (χ4n) is 5.96. The van der Waals surface area contributed by atoms with E-state index in [1.807, 2.05) is 54.6 Å². The maximum Gasteiger partial charge on any atom is 0.415 e. The Kier molecular flexibility index (Phi) is 6.75. The molecule has 3 atom stereocenters. The number of hydrogen-bond donors (Lipinski definition) is 1. The molecule has 1 N–H and O–H groups in total. The number of ether oxygens (including phenoxy) is 1. The third kappa shape index (κ3) is 4.64. The zero-order valence-electron chi connectivity index (χ0n) is 19.8. The first kappa shape index (κ1) is 23.4. The normalized spacial score (nSPS) is 24.3. The quantitative estimate of drug-likeness (QED) is 0.660. The Morgan fingerprint density at radius 2 is 1.57 bits per heavy atom. The van der Waals surface area contributed by atoms with Gasteiger partial charge in [-0.25, -0.2) is 9.59 Å². The van der Waals surface area contributed by atoms with Crippen molar-refractivity contribution >= 4 is 23.7 Å². The van der Waals surface area contributed by atoms with Gasteiger partial charge in [0.2, 0.25) is 5.91 Å². The summed E-state index contributed by atoms with van der Waals surface area (Å²) in [6, 6.07) is 14.9. The molecule has 1 saturated carbocycles. The van der Waals surface area contributed by atoms with E-state index in [2.05, 4.69) is 0 Å². The van der Waals surface area contributed by atoms with Gasteiger partial charge in [-0.2, -0.15) is 0 Å². The number of carboxylic acids is 1. The van der Waals surface area contributed by atoms with Crippen molar-refractivity contribution in [3.05, 3.63) is 65.7 Å². The smallest absolute Gasteiger partial charge is 0.415 e. The molecule has 1 aliphatic carbocycles. The number of benzene rings is 2. The van der Waals surface area contributed by atoms with Crippen LogP contribution in [0.2, 0.25) is 0 Å². The molecule has 1 saturated heterocycles. The molecule has 0 bridgehead atoms. The van der Waals surface area contributed by atoms with Crippen LogP contribution in [-0.4, -0.2) is 46.7 Å². The maximum atomic E-state index is 14.0. The van der Waals surface area contributed by atoms with Gasteiger partial charge in [0.1, 0.15) is 12.1 Å². The number of carbonyl (C=O) groups is 3. The predicted octanol–water partition coefficient (Wildman–Crippen LogP) is 4.95. The standard InChI is InChI=1S/C28H32N2O5/c31-26(29-23(15-16-24(29)27(32)33)20-11-5-2-6-12-20)25-17-21-13-7-8-14-22(21)30(25)28(34)35-18-19-9-3-1-4-10-19/h2,5-8,11-14,19,23-25H,1,3-4,9-10,15-18H2,(H,32,33)/t23-,24+,25+/m0/s1. The van der Waals surface area contributed by atoms with Crippen molar-refractivity contribution in [1.29, 1.82) is 0 Å². The van der Waals surface area contributed by atoms with Crippen molar-refractivity contribution in [3.63, 3.8) is 0 Å². The second-order valence-corrected chi connectivity index (χ2v) is 9.90. The summed E-state index contributed by atoms with van der Waals surface area (Å²) in [5, 5.41) is 9.92. The summed E-state index contributed by atoms with van der Waals surface area (Å²) in [5.74, 6) is -0.995. The highest BCUT2D eigenvalue weighted by Crippen LogP contribution is 2.40. The molecule has 2 heterocycles. The van der Waals surface area contributed by atoms with Gasteiger partial charge in [0.15, 0.2) is 0 Å². The number of rotatable bonds is 5. The number of hydrogen-bond acceptors (Lipinski definition) is 4. The Morgan fingerprint density at radius 1 is 0.857 bits per heavy atom. The first-order chi connectivity index (χ1) is 17.0. The maximum absolute atomic E-state index is 14.0. The molecule has 2 aliphatic heterocycles. The largest absolute Gasteiger partial charge is 0.480 e. The molecule has 7 heteroatoms. The van der Waals surface area contributed by atoms with Gasteiger partial charge in [0.25, 0.3) is 0 Å². The molecule has 7 nitrogen and oxygen atoms in total. The van der Waals surface area contributed by atoms with Crippen LogP contribution in [0.5, 0.6) is 0 Å². The highest BCUT2D eigenvalue weighted by atomic mass is 16.6. The van der Waals surface area contributed by atoms with Crippen molar-refractivity contribution < 1.29 is 24.2 Å². The third-order valence-corrected chi connectivity index (χ3v) is 7.73. The Labute approximate surface area is 205 Å². The Hall–Kier alpha value is -3.35. The molecule has 5 rings (SSSR count). The summed E-state index contributed by atoms with van der Waals surface area (Å²) in [4.78, 5) is 42.5. The van der Waals surface area contributed by atoms with Gasteiger partial charge in [-0.05, 0) is 48.8 Å². The summed E-state index contributed by atoms with van der Waals surface area (Å²) in [5.41, 5.74) is 2.47. The van der Waals surface area contributed by atoms with Gasteiger partial charge in [-0.3, -0.25) is 9.69 Å². The number of carbonyl (C=O) groups excluding carboxylic acids is 2. The van der Waals surface area contributed by atoms with E-state index in [0.717, 1.165) is 36.8 Å². The fraction of sp³-hybridized carbons (Fsp3) is 0.464. The molecule has 0 unspecified atom stereocenters. The van der Waals surface area contributed by atoms with Crippen LogP contribution in [0.25, 0.3) is 0 Å². The zero-order valence-corrected chi connectivity index (χ0v) is 19.8. The number of carboxylic acid groups (broad SMARTS) is 1. The monoisotopic (exact) mass is 476 g/mol. The molecule has 3 aliphatic rings. The minimum Gasteiger partial charge on any atom is -0.480 e. The highest BCUT2D eigenvalue weighted by Gasteiger charge is 2.48. The molecule has 0 aromatic heterocycles. The van der Waals surface area contributed by atoms with Crippen LogP contribution in [-0.2, 0) is 20.7 Å². The second-order valence-electron chi connectivity index (χ2n) is 9.90. The summed E-state index contributed by atoms with van der Waals surface area (Å²) in [6.45, 7) is 0.354. The summed E-state index contributed by atoms with van der Waals surface area (Å²) in [6.07, 6.45) is 6.41. The first-order valence-corrected chi connectivity index (χ1v) is 12.7. The molecule has 2 aromatic carbocycles. The first-order valence-electron chi connectivity index (χ1n) is 12.7. The van der Waals surface area contributed by atoms with Crippen molar-refractivity contribution in [1.82, 2.24) is 4.90 Å². The Bertz CT molecular complexity index is 1080. The lowest BCUT2D eigenvalue weighted by Crippen LogP contribution is -2.53. The summed E-state index contributed by atoms with van der Waals surface area (Å²) >= 11 is 0. The van der Waals surface area contributed by atoms with Gasteiger partial charge >= 0.3 is 12.1 Å². The van der Waals surface area contributed by atoms with Crippen LogP contribution in [0, 0.1) is 5.92 Å². The Balaban J connectivity index is 1.42. The van der Waals surface area contributed by atoms with Gasteiger partial charge in [-0.1, -0.05) is 67.8 Å². The van der Waals surface area contributed by atoms with Gasteiger partial charge in [0.05, 0.1) is 18.3 Å². The van der Waals surface area contributed by atoms with Crippen LogP contribution in [0.15, 0.2) is 54.6 Å². The molecule has 2 aromatic rings. The van der Waals surface area contributed by atoms with Gasteiger partial charge in [0, 0.05) is 6.42 Å². The molecule has 184 valence electrons. The van der Waals surface area contributed by atoms with E-state index >= 15 is 0 Å². The van der Waals surface area contributed by atoms with Gasteiger partial charge in [-0.15, -0.1) is 0 Å². The lowest BCUT2D eigenvalue weighted by atomic mass is 9.90. The van der Waals surface area contributed by atoms with Crippen LogP contribution >= 0.6 is 0 Å². The summed E-state index contributed by atoms with van der Waals surface area (Å²) < 4.78 is 5.75. The molecule has 0 radical (unpaired) electrons. The molecule has 0 spiro atoms. The number of amides is 2. The van der Waals surface area contributed by atoms with Gasteiger partial charge < -0.3 is 14.7 Å². The van der Waals surface area contributed by atoms with Crippen LogP contribution in [0.3, 0.4) is 0 Å². The SMILES string of the molecule is O=C(O)[C@H]1CC[C@@H](c2ccccc2)N1C(=O)[C@H]1Cc2ccccc2N1C(=O)OCC1CCCCC1. The van der Waals surface area contributed by atoms with E-state index in [4.69, 9.17) is 4.74 Å². The zero-order chi connectivity index (χ0) is 24.4. The number of nitrogens with zero attached hydrogens (tertiary/aromatic N) is 2. The molecular formula is C28H32N2O5. The van der Waals surface area contributed by atoms with E-state index < -0.39 is 24.1 Å². The lowest BCUT2D eigenvalue weighted by molar-refractivity contribution is -0.150. The van der Waals surface area contributed by atoms with Crippen LogP contribution in [0.4, 0.5) is 10.5 Å². The third-order valence-electron chi connectivity index (χ3n) is 7.73. The fourth-order valence-corrected chi connectivity index (χ4v) is 5.96. The minimum atomic E-state index is -1.02.